The van der Waals surface area contributed by atoms with Crippen molar-refractivity contribution in [1.82, 2.24) is 68.8 Å². The van der Waals surface area contributed by atoms with Crippen molar-refractivity contribution in [1.29, 1.82) is 0 Å². The van der Waals surface area contributed by atoms with Crippen molar-refractivity contribution < 1.29 is 57.8 Å². The molecular formula is C48H64Cl3N16O16P2-. The van der Waals surface area contributed by atoms with Gasteiger partial charge >= 0.3 is 16.6 Å². The number of rotatable bonds is 26. The third-order valence-corrected chi connectivity index (χ3v) is 13.1. The topological polar surface area (TPSA) is 445 Å². The van der Waals surface area contributed by atoms with Crippen LogP contribution in [-0.4, -0.2) is 154 Å². The van der Waals surface area contributed by atoms with E-state index in [2.05, 4.69) is 113 Å². The fraction of sp³-hybridized carbons (Fsp3) is 0.500. The first-order valence-electron chi connectivity index (χ1n) is 26.5. The van der Waals surface area contributed by atoms with Gasteiger partial charge in [0.2, 0.25) is 11.8 Å². The second kappa shape index (κ2) is 32.3. The molecule has 10 N–H and O–H groups in total. The number of aryl methyl sites for hydroxylation is 2. The quantitative estimate of drug-likeness (QED) is 0.0210. The number of halogens is 3. The number of nitrogens with one attached hydrogen (secondary N) is 6. The summed E-state index contributed by atoms with van der Waals surface area (Å²) in [7, 11) is -5.04. The Balaban J connectivity index is 0.000000253. The Labute approximate surface area is 497 Å². The van der Waals surface area contributed by atoms with Crippen molar-refractivity contribution in [2.45, 2.75) is 115 Å². The minimum atomic E-state index is -5.04. The summed E-state index contributed by atoms with van der Waals surface area (Å²) < 4.78 is 41.6. The summed E-state index contributed by atoms with van der Waals surface area (Å²) in [5.41, 5.74) is -0.204. The number of phosphoric acid groups is 1. The number of anilines is 2. The van der Waals surface area contributed by atoms with Crippen LogP contribution in [0.4, 0.5) is 11.6 Å². The summed E-state index contributed by atoms with van der Waals surface area (Å²) in [5.74, 6) is 0.174. The van der Waals surface area contributed by atoms with Gasteiger partial charge in [-0.25, -0.2) is 39.5 Å². The van der Waals surface area contributed by atoms with E-state index < -0.39 is 97.4 Å². The lowest BCUT2D eigenvalue weighted by Crippen LogP contribution is -2.33. The molecule has 7 unspecified atom stereocenters. The van der Waals surface area contributed by atoms with E-state index in [1.165, 1.54) is 37.1 Å². The number of aliphatic hydroxyl groups excluding tert-OH is 3. The summed E-state index contributed by atoms with van der Waals surface area (Å²) in [6.07, 6.45) is 14.1. The maximum atomic E-state index is 12.3. The Hall–Kier alpha value is -6.51. The van der Waals surface area contributed by atoms with Crippen molar-refractivity contribution in [3.8, 4) is 0 Å². The number of phosphoric ester groups is 1. The average Bonchev–Trinajstić information content (AvgIpc) is 4.11. The van der Waals surface area contributed by atoms with Crippen molar-refractivity contribution in [2.24, 2.45) is 0 Å². The number of aromatic nitrogens is 12. The molecule has 2 saturated heterocycles. The number of H-pyrrole nitrogens is 2. The number of unbranched alkanes of at least 4 members (excludes halogenated alkanes) is 4. The van der Waals surface area contributed by atoms with Gasteiger partial charge in [0.25, 0.3) is 18.9 Å². The van der Waals surface area contributed by atoms with E-state index >= 15 is 0 Å². The first-order valence-corrected chi connectivity index (χ1v) is 32.5. The number of carbonyl (C=O) groups is 2. The molecule has 2 amide bonds. The number of aromatic amines is 2. The molecule has 85 heavy (non-hydrogen) atoms. The first kappa shape index (κ1) is 67.6. The minimum Gasteiger partial charge on any atom is -0.756 e. The molecular weight excluding hydrogens is 1220 g/mol. The van der Waals surface area contributed by atoms with Gasteiger partial charge in [-0.1, -0.05) is 39.5 Å². The predicted molar refractivity (Wildman–Crippen MR) is 311 cm³/mol. The largest absolute Gasteiger partial charge is 0.756 e. The highest BCUT2D eigenvalue weighted by Gasteiger charge is 2.37. The normalized spacial score (nSPS) is 19.4. The van der Waals surface area contributed by atoms with Crippen LogP contribution in [0.1, 0.15) is 88.8 Å². The molecule has 0 saturated carbocycles. The van der Waals surface area contributed by atoms with Crippen molar-refractivity contribution in [2.75, 3.05) is 50.0 Å². The molecule has 32 nitrogen and oxygen atoms in total. The number of aliphatic hydroxyl groups is 3. The SMILES string of the molecule is CCCCCn1cnc2c(NCCNC(=O)/C=C/c3cn(C4CC(O)C(CO)O4)c(=O)[nH]c3=O)ncnc21.CCCCCn1cnc2c(NCCNC(=O)/C=C/c3cn(C4CC(O)C(COP(=O)([O-])O)O4)c(=O)[nH]c3=O)ncnc21.O=P(Cl)(Cl)Cl. The van der Waals surface area contributed by atoms with Crippen molar-refractivity contribution in [3.05, 3.63) is 103 Å². The van der Waals surface area contributed by atoms with E-state index in [-0.39, 0.29) is 37.1 Å². The smallest absolute Gasteiger partial charge is 0.339 e. The maximum Gasteiger partial charge on any atom is 0.339 e. The summed E-state index contributed by atoms with van der Waals surface area (Å²) in [4.78, 5) is 123. The van der Waals surface area contributed by atoms with E-state index in [1.807, 2.05) is 9.13 Å². The van der Waals surface area contributed by atoms with E-state index in [4.69, 9.17) is 14.4 Å². The molecule has 37 heteroatoms. The molecule has 8 heterocycles. The third kappa shape index (κ3) is 20.9. The molecule has 2 fully saturated rings. The molecule has 464 valence electrons. The van der Waals surface area contributed by atoms with Crippen LogP contribution < -0.4 is 48.7 Å². The van der Waals surface area contributed by atoms with Crippen molar-refractivity contribution >= 4 is 105 Å². The molecule has 7 atom stereocenters. The number of hydrogen-bond acceptors (Lipinski definition) is 23. The van der Waals surface area contributed by atoms with Crippen LogP contribution in [0.15, 0.2) is 69.0 Å². The van der Waals surface area contributed by atoms with Gasteiger partial charge in [-0.3, -0.25) is 47.4 Å². The highest BCUT2D eigenvalue weighted by Crippen LogP contribution is 2.61. The molecule has 0 aromatic carbocycles. The number of ether oxygens (including phenoxy) is 2. The zero-order valence-electron chi connectivity index (χ0n) is 45.7. The zero-order valence-corrected chi connectivity index (χ0v) is 49.8. The molecule has 0 bridgehead atoms. The lowest BCUT2D eigenvalue weighted by molar-refractivity contribution is -0.223. The van der Waals surface area contributed by atoms with Crippen LogP contribution in [0.2, 0.25) is 0 Å². The fourth-order valence-electron chi connectivity index (χ4n) is 8.51. The van der Waals surface area contributed by atoms with Crippen LogP contribution in [0, 0.1) is 0 Å². The third-order valence-electron chi connectivity index (χ3n) is 12.7. The highest BCUT2D eigenvalue weighted by molar-refractivity contribution is 8.24. The number of hydrogen-bond donors (Lipinski definition) is 10. The Bertz CT molecular complexity index is 3610. The number of imidazole rings is 2. The summed E-state index contributed by atoms with van der Waals surface area (Å²) in [5, 5.41) is 37.7. The number of amides is 2. The van der Waals surface area contributed by atoms with Gasteiger partial charge in [-0.15, -0.1) is 0 Å². The van der Waals surface area contributed by atoms with Gasteiger partial charge in [0.15, 0.2) is 22.9 Å². The van der Waals surface area contributed by atoms with Crippen LogP contribution >= 0.6 is 46.7 Å². The summed E-state index contributed by atoms with van der Waals surface area (Å²) >= 11 is 13.8. The standard InChI is InChI=1S/C24H33N8O9P.C24H32N8O6.Cl3OP/c1-2-3-4-9-31-14-29-20-21(27-13-28-22(20)31)26-8-7-25-18(34)6-5-15-11-32(24(36)30-23(15)35)19-10-16(33)17(41-19)12-40-42(37,38)39;1-2-3-4-9-31-14-29-20-21(27-13-28-22(20)31)26-8-7-25-18(35)6-5-15-11-32(24(37)30-23(15)36)19-10-16(34)17(12-33)38-19;1-5(2,3)4/h5-6,11,13-14,16-17,19,33H,2-4,7-10,12H2,1H3,(H,25,34)(H,26,27,28)(H,30,35,36)(H2,37,38,39);5-6,11,13-14,16-17,19,33-34H,2-4,7-10,12H2,1H3,(H,25,35)(H,26,27,28)(H,30,36,37);/p-1/b2*6-5+;. The van der Waals surface area contributed by atoms with Gasteiger partial charge in [0.05, 0.1) is 49.2 Å². The lowest BCUT2D eigenvalue weighted by Gasteiger charge is -2.20. The lowest BCUT2D eigenvalue weighted by atomic mass is 10.2. The van der Waals surface area contributed by atoms with Gasteiger partial charge in [0.1, 0.15) is 48.4 Å². The van der Waals surface area contributed by atoms with Gasteiger partial charge < -0.3 is 69.5 Å². The summed E-state index contributed by atoms with van der Waals surface area (Å²) in [6.45, 7) is 6.09. The Morgan fingerprint density at radius 1 is 0.706 bits per heavy atom. The Morgan fingerprint density at radius 2 is 1.13 bits per heavy atom. The van der Waals surface area contributed by atoms with Gasteiger partial charge in [-0.05, 0) is 58.7 Å². The van der Waals surface area contributed by atoms with E-state index in [0.29, 0.717) is 35.8 Å². The van der Waals surface area contributed by atoms with E-state index in [0.717, 1.165) is 84.3 Å². The van der Waals surface area contributed by atoms with Crippen LogP contribution in [0.3, 0.4) is 0 Å². The fourth-order valence-corrected chi connectivity index (χ4v) is 8.85. The Morgan fingerprint density at radius 3 is 1.53 bits per heavy atom. The van der Waals surface area contributed by atoms with Crippen LogP contribution in [-0.2, 0) is 45.8 Å². The monoisotopic (exact) mass is 1290 g/mol. The molecule has 0 spiro atoms. The van der Waals surface area contributed by atoms with E-state index in [9.17, 15) is 58.1 Å². The van der Waals surface area contributed by atoms with Crippen molar-refractivity contribution in [3.63, 3.8) is 0 Å². The van der Waals surface area contributed by atoms with Gasteiger partial charge in [-0.2, -0.15) is 0 Å². The molecule has 8 rings (SSSR count). The van der Waals surface area contributed by atoms with Crippen LogP contribution in [0.5, 0.6) is 0 Å². The molecule has 0 radical (unpaired) electrons. The molecule has 6 aromatic heterocycles. The average molecular weight is 1290 g/mol. The van der Waals surface area contributed by atoms with Gasteiger partial charge in [0, 0.05) is 76.7 Å². The molecule has 2 aliphatic rings. The molecule has 2 aliphatic heterocycles. The molecule has 6 aromatic rings. The zero-order chi connectivity index (χ0) is 61.8. The maximum absolute atomic E-state index is 12.3. The number of fused-ring (bicyclic) bond motifs is 2. The number of carbonyl (C=O) groups excluding carboxylic acids is 2. The van der Waals surface area contributed by atoms with Crippen LogP contribution in [0.25, 0.3) is 34.5 Å². The second-order valence-corrected chi connectivity index (χ2v) is 26.7. The first-order chi connectivity index (χ1) is 40.5. The number of nitrogens with zero attached hydrogens (tertiary/aromatic N) is 10. The second-order valence-electron chi connectivity index (χ2n) is 18.9. The van der Waals surface area contributed by atoms with E-state index in [1.54, 1.807) is 12.7 Å². The highest BCUT2D eigenvalue weighted by atomic mass is 36.0. The predicted octanol–water partition coefficient (Wildman–Crippen LogP) is 1.79. The molecule has 0 aliphatic carbocycles. The minimum absolute atomic E-state index is 0.0435. The Kier molecular flexibility index (Phi) is 25.7. The summed E-state index contributed by atoms with van der Waals surface area (Å²) in [6, 6.07) is 0.